The Morgan fingerprint density at radius 1 is 1.33 bits per heavy atom. The number of aliphatic imine (C=N–C) groups is 1. The van der Waals surface area contributed by atoms with Crippen molar-refractivity contribution in [1.82, 2.24) is 0 Å². The minimum Gasteiger partial charge on any atom is -0.489 e. The first kappa shape index (κ1) is 12.1. The van der Waals surface area contributed by atoms with Gasteiger partial charge in [0.05, 0.1) is 21.8 Å². The molecule has 0 saturated heterocycles. The zero-order valence-corrected chi connectivity index (χ0v) is 9.76. The summed E-state index contributed by atoms with van der Waals surface area (Å²) in [6, 6.07) is 2.99. The third kappa shape index (κ3) is 3.24. The van der Waals surface area contributed by atoms with E-state index in [1.807, 2.05) is 13.8 Å². The van der Waals surface area contributed by atoms with Gasteiger partial charge in [-0.25, -0.2) is 4.79 Å². The number of isocyanates is 1. The van der Waals surface area contributed by atoms with Crippen molar-refractivity contribution in [2.45, 2.75) is 20.0 Å². The van der Waals surface area contributed by atoms with Crippen LogP contribution in [-0.4, -0.2) is 12.2 Å². The summed E-state index contributed by atoms with van der Waals surface area (Å²) < 4.78 is 5.40. The maximum atomic E-state index is 10.1. The molecule has 0 radical (unpaired) electrons. The highest BCUT2D eigenvalue weighted by Gasteiger charge is 2.09. The zero-order chi connectivity index (χ0) is 11.4. The van der Waals surface area contributed by atoms with Crippen LogP contribution in [0.3, 0.4) is 0 Å². The van der Waals surface area contributed by atoms with Crippen LogP contribution in [0.2, 0.25) is 10.0 Å². The summed E-state index contributed by atoms with van der Waals surface area (Å²) in [6.45, 7) is 3.75. The van der Waals surface area contributed by atoms with Gasteiger partial charge in [-0.05, 0) is 19.9 Å². The van der Waals surface area contributed by atoms with Crippen LogP contribution in [0.4, 0.5) is 5.69 Å². The fourth-order valence-electron chi connectivity index (χ4n) is 0.997. The molecule has 0 aromatic heterocycles. The van der Waals surface area contributed by atoms with Crippen molar-refractivity contribution in [3.8, 4) is 5.75 Å². The third-order valence-corrected chi connectivity index (χ3v) is 2.13. The van der Waals surface area contributed by atoms with E-state index in [4.69, 9.17) is 27.9 Å². The highest BCUT2D eigenvalue weighted by atomic mass is 35.5. The van der Waals surface area contributed by atoms with E-state index in [1.165, 1.54) is 18.2 Å². The number of ether oxygens (including phenoxy) is 1. The molecule has 0 N–H and O–H groups in total. The molecule has 5 heteroatoms. The van der Waals surface area contributed by atoms with Crippen molar-refractivity contribution in [3.63, 3.8) is 0 Å². The van der Waals surface area contributed by atoms with Gasteiger partial charge in [-0.3, -0.25) is 0 Å². The van der Waals surface area contributed by atoms with Crippen LogP contribution in [-0.2, 0) is 4.79 Å². The molecule has 0 saturated carbocycles. The quantitative estimate of drug-likeness (QED) is 0.601. The molecule has 0 amide bonds. The number of benzene rings is 1. The van der Waals surface area contributed by atoms with Gasteiger partial charge in [-0.1, -0.05) is 23.2 Å². The molecule has 0 unspecified atom stereocenters. The summed E-state index contributed by atoms with van der Waals surface area (Å²) in [5.41, 5.74) is 0.285. The number of hydrogen-bond donors (Lipinski definition) is 0. The third-order valence-electron chi connectivity index (χ3n) is 1.53. The van der Waals surface area contributed by atoms with Crippen LogP contribution in [0.1, 0.15) is 13.8 Å². The van der Waals surface area contributed by atoms with Crippen molar-refractivity contribution >= 4 is 35.0 Å². The van der Waals surface area contributed by atoms with Crippen molar-refractivity contribution in [3.05, 3.63) is 22.2 Å². The largest absolute Gasteiger partial charge is 0.489 e. The summed E-state index contributed by atoms with van der Waals surface area (Å²) in [6.07, 6.45) is 1.40. The SMILES string of the molecule is CC(C)Oc1cc(Cl)c(N=C=O)cc1Cl. The predicted molar refractivity (Wildman–Crippen MR) is 60.0 cm³/mol. The van der Waals surface area contributed by atoms with E-state index in [2.05, 4.69) is 4.99 Å². The minimum atomic E-state index is -0.000936. The number of hydrogen-bond acceptors (Lipinski definition) is 3. The Labute approximate surface area is 97.7 Å². The Morgan fingerprint density at radius 2 is 2.00 bits per heavy atom. The smallest absolute Gasteiger partial charge is 0.240 e. The molecule has 0 spiro atoms. The Hall–Kier alpha value is -1.02. The van der Waals surface area contributed by atoms with Crippen LogP contribution in [0.5, 0.6) is 5.75 Å². The molecule has 1 aromatic rings. The Balaban J connectivity index is 3.13. The molecular formula is C10H9Cl2NO2. The standard InChI is InChI=1S/C10H9Cl2NO2/c1-6(2)15-10-4-7(11)9(13-5-14)3-8(10)12/h3-4,6H,1-2H3. The van der Waals surface area contributed by atoms with Gasteiger partial charge in [-0.15, -0.1) is 0 Å². The lowest BCUT2D eigenvalue weighted by molar-refractivity contribution is 0.242. The number of nitrogens with zero attached hydrogens (tertiary/aromatic N) is 1. The van der Waals surface area contributed by atoms with E-state index >= 15 is 0 Å². The van der Waals surface area contributed by atoms with E-state index in [-0.39, 0.29) is 11.8 Å². The van der Waals surface area contributed by atoms with Gasteiger partial charge >= 0.3 is 0 Å². The Kier molecular flexibility index (Phi) is 4.15. The van der Waals surface area contributed by atoms with Crippen LogP contribution >= 0.6 is 23.2 Å². The normalized spacial score (nSPS) is 9.93. The highest BCUT2D eigenvalue weighted by molar-refractivity contribution is 6.36. The lowest BCUT2D eigenvalue weighted by atomic mass is 10.3. The van der Waals surface area contributed by atoms with Gasteiger partial charge in [0.25, 0.3) is 0 Å². The van der Waals surface area contributed by atoms with Crippen molar-refractivity contribution < 1.29 is 9.53 Å². The molecule has 0 fully saturated rings. The molecule has 3 nitrogen and oxygen atoms in total. The van der Waals surface area contributed by atoms with E-state index in [1.54, 1.807) is 0 Å². The Morgan fingerprint density at radius 3 is 2.53 bits per heavy atom. The average Bonchev–Trinajstić information content (AvgIpc) is 2.13. The van der Waals surface area contributed by atoms with Gasteiger partial charge in [0.1, 0.15) is 5.75 Å². The molecule has 80 valence electrons. The topological polar surface area (TPSA) is 38.7 Å². The molecule has 0 aliphatic heterocycles. The number of rotatable bonds is 3. The first-order chi connectivity index (χ1) is 7.04. The first-order valence-corrected chi connectivity index (χ1v) is 5.03. The monoisotopic (exact) mass is 245 g/mol. The van der Waals surface area contributed by atoms with Crippen molar-refractivity contribution in [2.75, 3.05) is 0 Å². The maximum absolute atomic E-state index is 10.1. The van der Waals surface area contributed by atoms with Crippen molar-refractivity contribution in [1.29, 1.82) is 0 Å². The van der Waals surface area contributed by atoms with E-state index < -0.39 is 0 Å². The second-order valence-electron chi connectivity index (χ2n) is 3.10. The molecule has 0 aliphatic rings. The second-order valence-corrected chi connectivity index (χ2v) is 3.92. The highest BCUT2D eigenvalue weighted by Crippen LogP contribution is 2.35. The summed E-state index contributed by atoms with van der Waals surface area (Å²) in [4.78, 5) is 13.5. The molecule has 0 bridgehead atoms. The molecular weight excluding hydrogens is 237 g/mol. The number of halogens is 2. The Bertz CT molecular complexity index is 412. The molecule has 1 rings (SSSR count). The summed E-state index contributed by atoms with van der Waals surface area (Å²) in [5.74, 6) is 0.474. The van der Waals surface area contributed by atoms with Gasteiger partial charge in [-0.2, -0.15) is 4.99 Å². The lowest BCUT2D eigenvalue weighted by Gasteiger charge is -2.11. The van der Waals surface area contributed by atoms with Gasteiger partial charge < -0.3 is 4.74 Å². The van der Waals surface area contributed by atoms with Crippen LogP contribution in [0, 0.1) is 0 Å². The average molecular weight is 246 g/mol. The molecule has 0 heterocycles. The maximum Gasteiger partial charge on any atom is 0.240 e. The molecule has 1 aromatic carbocycles. The van der Waals surface area contributed by atoms with Crippen LogP contribution in [0.25, 0.3) is 0 Å². The van der Waals surface area contributed by atoms with E-state index in [0.29, 0.717) is 15.8 Å². The van der Waals surface area contributed by atoms with Crippen molar-refractivity contribution in [2.24, 2.45) is 4.99 Å². The molecule has 0 atom stereocenters. The van der Waals surface area contributed by atoms with Gasteiger partial charge in [0.2, 0.25) is 6.08 Å². The lowest BCUT2D eigenvalue weighted by Crippen LogP contribution is -2.05. The first-order valence-electron chi connectivity index (χ1n) is 4.28. The van der Waals surface area contributed by atoms with Crippen LogP contribution < -0.4 is 4.74 Å². The minimum absolute atomic E-state index is 0.000936. The van der Waals surface area contributed by atoms with Gasteiger partial charge in [0.15, 0.2) is 0 Å². The zero-order valence-electron chi connectivity index (χ0n) is 8.25. The van der Waals surface area contributed by atoms with E-state index in [0.717, 1.165) is 0 Å². The fourth-order valence-corrected chi connectivity index (χ4v) is 1.40. The summed E-state index contributed by atoms with van der Waals surface area (Å²) in [5, 5.41) is 0.667. The molecule has 0 aliphatic carbocycles. The van der Waals surface area contributed by atoms with Gasteiger partial charge in [0, 0.05) is 6.07 Å². The van der Waals surface area contributed by atoms with E-state index in [9.17, 15) is 4.79 Å². The molecule has 15 heavy (non-hydrogen) atoms. The van der Waals surface area contributed by atoms with Crippen LogP contribution in [0.15, 0.2) is 17.1 Å². The second kappa shape index (κ2) is 5.17. The predicted octanol–water partition coefficient (Wildman–Crippen LogP) is 3.75. The fraction of sp³-hybridized carbons (Fsp3) is 0.300. The summed E-state index contributed by atoms with van der Waals surface area (Å²) >= 11 is 11.8. The summed E-state index contributed by atoms with van der Waals surface area (Å²) in [7, 11) is 0. The number of carbonyl (C=O) groups excluding carboxylic acids is 1.